The van der Waals surface area contributed by atoms with E-state index in [1.165, 1.54) is 11.3 Å². The average Bonchev–Trinajstić information content (AvgIpc) is 3.13. The van der Waals surface area contributed by atoms with Crippen LogP contribution in [0.15, 0.2) is 29.9 Å². The van der Waals surface area contributed by atoms with Gasteiger partial charge in [0, 0.05) is 26.0 Å². The molecule has 122 valence electrons. The van der Waals surface area contributed by atoms with E-state index >= 15 is 0 Å². The number of aryl methyl sites for hydroxylation is 1. The Labute approximate surface area is 139 Å². The number of β-amino-alcohol motifs (C(OH)–C–C–N with tert-alkyl or cyclic N) is 1. The molecule has 1 saturated heterocycles. The summed E-state index contributed by atoms with van der Waals surface area (Å²) in [5.74, 6) is 0.576. The van der Waals surface area contributed by atoms with Gasteiger partial charge in [0.15, 0.2) is 0 Å². The van der Waals surface area contributed by atoms with Crippen LogP contribution in [0.1, 0.15) is 21.7 Å². The van der Waals surface area contributed by atoms with Crippen LogP contribution in [0.2, 0.25) is 0 Å². The zero-order chi connectivity index (χ0) is 16.4. The van der Waals surface area contributed by atoms with E-state index in [0.717, 1.165) is 10.4 Å². The lowest BCUT2D eigenvalue weighted by molar-refractivity contribution is 0.0266. The summed E-state index contributed by atoms with van der Waals surface area (Å²) in [5, 5.41) is 12.7. The van der Waals surface area contributed by atoms with Crippen LogP contribution in [0, 0.1) is 6.92 Å². The molecule has 3 heterocycles. The molecule has 1 aliphatic rings. The molecule has 1 fully saturated rings. The number of aliphatic hydroxyl groups is 1. The van der Waals surface area contributed by atoms with Gasteiger partial charge in [0.1, 0.15) is 5.60 Å². The number of nitrogens with zero attached hydrogens (tertiary/aromatic N) is 4. The molecule has 0 radical (unpaired) electrons. The molecule has 0 aromatic carbocycles. The second-order valence-electron chi connectivity index (χ2n) is 6.04. The van der Waals surface area contributed by atoms with Gasteiger partial charge < -0.3 is 14.9 Å². The molecule has 0 bridgehead atoms. The molecule has 1 atom stereocenters. The number of rotatable bonds is 4. The quantitative estimate of drug-likeness (QED) is 0.920. The van der Waals surface area contributed by atoms with E-state index in [1.807, 2.05) is 23.3 Å². The molecule has 3 rings (SSSR count). The topological polar surface area (TPSA) is 69.6 Å². The first-order chi connectivity index (χ1) is 11.0. The number of thiophene rings is 1. The summed E-state index contributed by atoms with van der Waals surface area (Å²) in [7, 11) is 1.74. The van der Waals surface area contributed by atoms with Crippen molar-refractivity contribution in [2.45, 2.75) is 18.9 Å². The molecule has 1 N–H and O–H groups in total. The van der Waals surface area contributed by atoms with Gasteiger partial charge in [-0.25, -0.2) is 9.97 Å². The Kier molecular flexibility index (Phi) is 4.32. The van der Waals surface area contributed by atoms with Crippen LogP contribution in [0.4, 0.5) is 5.95 Å². The molecule has 0 spiro atoms. The highest BCUT2D eigenvalue weighted by Crippen LogP contribution is 2.26. The fourth-order valence-electron chi connectivity index (χ4n) is 2.89. The zero-order valence-electron chi connectivity index (χ0n) is 13.3. The van der Waals surface area contributed by atoms with E-state index in [-0.39, 0.29) is 5.91 Å². The molecule has 1 amide bonds. The Hall–Kier alpha value is -1.99. The fraction of sp³-hybridized carbons (Fsp3) is 0.438. The Balaban J connectivity index is 1.66. The van der Waals surface area contributed by atoms with Gasteiger partial charge >= 0.3 is 0 Å². The second-order valence-corrected chi connectivity index (χ2v) is 6.95. The largest absolute Gasteiger partial charge is 0.386 e. The van der Waals surface area contributed by atoms with Crippen molar-refractivity contribution in [3.8, 4) is 0 Å². The molecule has 0 unspecified atom stereocenters. The summed E-state index contributed by atoms with van der Waals surface area (Å²) in [5.41, 5.74) is 0.0407. The van der Waals surface area contributed by atoms with Crippen molar-refractivity contribution >= 4 is 23.2 Å². The maximum atomic E-state index is 12.5. The van der Waals surface area contributed by atoms with Gasteiger partial charge in [-0.1, -0.05) is 0 Å². The molecule has 0 saturated carbocycles. The molecular formula is C16H20N4O2S. The molecule has 7 heteroatoms. The van der Waals surface area contributed by atoms with Crippen molar-refractivity contribution in [2.24, 2.45) is 0 Å². The number of carbonyl (C=O) groups is 1. The highest BCUT2D eigenvalue weighted by atomic mass is 32.1. The summed E-state index contributed by atoms with van der Waals surface area (Å²) < 4.78 is 0. The summed E-state index contributed by atoms with van der Waals surface area (Å²) in [6, 6.07) is 3.70. The monoisotopic (exact) mass is 332 g/mol. The molecular weight excluding hydrogens is 312 g/mol. The minimum Gasteiger partial charge on any atom is -0.386 e. The van der Waals surface area contributed by atoms with Gasteiger partial charge in [0.05, 0.1) is 18.0 Å². The third kappa shape index (κ3) is 3.35. The van der Waals surface area contributed by atoms with Gasteiger partial charge in [0.2, 0.25) is 5.95 Å². The lowest BCUT2D eigenvalue weighted by atomic mass is 10.0. The minimum atomic E-state index is -0.936. The summed E-state index contributed by atoms with van der Waals surface area (Å²) in [6.07, 6.45) is 3.97. The van der Waals surface area contributed by atoms with Crippen molar-refractivity contribution < 1.29 is 9.90 Å². The number of carbonyl (C=O) groups excluding carboxylic acids is 1. The Morgan fingerprint density at radius 1 is 1.48 bits per heavy atom. The standard InChI is InChI=1S/C16H20N4O2S/c1-12-4-9-23-13(12)14(21)19(2)10-16(22)5-8-20(11-16)15-17-6-3-7-18-15/h3-4,6-7,9,22H,5,8,10-11H2,1-2H3/t16-/m1/s1. The SMILES string of the molecule is Cc1ccsc1C(=O)N(C)C[C@]1(O)CCN(c2ncccn2)C1. The predicted molar refractivity (Wildman–Crippen MR) is 89.8 cm³/mol. The summed E-state index contributed by atoms with van der Waals surface area (Å²) in [4.78, 5) is 25.2. The third-order valence-corrected chi connectivity index (χ3v) is 5.11. The van der Waals surface area contributed by atoms with Crippen LogP contribution >= 0.6 is 11.3 Å². The van der Waals surface area contributed by atoms with Gasteiger partial charge in [-0.05, 0) is 36.4 Å². The van der Waals surface area contributed by atoms with Crippen molar-refractivity contribution in [2.75, 3.05) is 31.6 Å². The Bertz CT molecular complexity index is 690. The number of hydrogen-bond acceptors (Lipinski definition) is 6. The van der Waals surface area contributed by atoms with Gasteiger partial charge in [0.25, 0.3) is 5.91 Å². The first-order valence-electron chi connectivity index (χ1n) is 7.52. The zero-order valence-corrected chi connectivity index (χ0v) is 14.1. The van der Waals surface area contributed by atoms with Gasteiger partial charge in [-0.3, -0.25) is 4.79 Å². The highest BCUT2D eigenvalue weighted by Gasteiger charge is 2.39. The second kappa shape index (κ2) is 6.25. The molecule has 1 aliphatic heterocycles. The first kappa shape index (κ1) is 15.9. The van der Waals surface area contributed by atoms with Gasteiger partial charge in [-0.2, -0.15) is 0 Å². The van der Waals surface area contributed by atoms with E-state index < -0.39 is 5.60 Å². The summed E-state index contributed by atoms with van der Waals surface area (Å²) in [6.45, 7) is 3.33. The third-order valence-electron chi connectivity index (χ3n) is 4.10. The van der Waals surface area contributed by atoms with Crippen molar-refractivity contribution in [3.63, 3.8) is 0 Å². The number of hydrogen-bond donors (Lipinski definition) is 1. The maximum Gasteiger partial charge on any atom is 0.264 e. The van der Waals surface area contributed by atoms with Crippen LogP contribution in [-0.4, -0.2) is 58.2 Å². The maximum absolute atomic E-state index is 12.5. The Morgan fingerprint density at radius 2 is 2.22 bits per heavy atom. The average molecular weight is 332 g/mol. The van der Waals surface area contributed by atoms with Crippen LogP contribution in [-0.2, 0) is 0 Å². The van der Waals surface area contributed by atoms with E-state index in [4.69, 9.17) is 0 Å². The van der Waals surface area contributed by atoms with E-state index in [0.29, 0.717) is 32.0 Å². The predicted octanol–water partition coefficient (Wildman–Crippen LogP) is 1.56. The normalized spacial score (nSPS) is 20.7. The molecule has 0 aliphatic carbocycles. The van der Waals surface area contributed by atoms with E-state index in [1.54, 1.807) is 30.4 Å². The lowest BCUT2D eigenvalue weighted by Crippen LogP contribution is -2.46. The number of aromatic nitrogens is 2. The number of amides is 1. The van der Waals surface area contributed by atoms with E-state index in [2.05, 4.69) is 9.97 Å². The lowest BCUT2D eigenvalue weighted by Gasteiger charge is -2.28. The van der Waals surface area contributed by atoms with Crippen molar-refractivity contribution in [1.82, 2.24) is 14.9 Å². The number of likely N-dealkylation sites (N-methyl/N-ethyl adjacent to an activating group) is 1. The van der Waals surface area contributed by atoms with Crippen molar-refractivity contribution in [3.05, 3.63) is 40.3 Å². The minimum absolute atomic E-state index is 0.0414. The first-order valence-corrected chi connectivity index (χ1v) is 8.40. The van der Waals surface area contributed by atoms with Crippen LogP contribution < -0.4 is 4.90 Å². The number of anilines is 1. The summed E-state index contributed by atoms with van der Waals surface area (Å²) >= 11 is 1.44. The molecule has 23 heavy (non-hydrogen) atoms. The van der Waals surface area contributed by atoms with Crippen molar-refractivity contribution in [1.29, 1.82) is 0 Å². The molecule has 2 aromatic rings. The van der Waals surface area contributed by atoms with Crippen LogP contribution in [0.25, 0.3) is 0 Å². The van der Waals surface area contributed by atoms with Gasteiger partial charge in [-0.15, -0.1) is 11.3 Å². The van der Waals surface area contributed by atoms with Crippen LogP contribution in [0.5, 0.6) is 0 Å². The fourth-order valence-corrected chi connectivity index (χ4v) is 3.81. The highest BCUT2D eigenvalue weighted by molar-refractivity contribution is 7.12. The molecule has 6 nitrogen and oxygen atoms in total. The Morgan fingerprint density at radius 3 is 2.87 bits per heavy atom. The molecule has 2 aromatic heterocycles. The van der Waals surface area contributed by atoms with Crippen LogP contribution in [0.3, 0.4) is 0 Å². The van der Waals surface area contributed by atoms with E-state index in [9.17, 15) is 9.90 Å². The smallest absolute Gasteiger partial charge is 0.264 e.